The Kier molecular flexibility index (Phi) is 14.3. The van der Waals surface area contributed by atoms with Crippen LogP contribution in [0.5, 0.6) is 0 Å². The average Bonchev–Trinajstić information content (AvgIpc) is 3.97. The van der Waals surface area contributed by atoms with Gasteiger partial charge in [-0.2, -0.15) is 0 Å². The third-order valence-electron chi connectivity index (χ3n) is 15.5. The van der Waals surface area contributed by atoms with Gasteiger partial charge in [-0.05, 0) is 119 Å². The lowest BCUT2D eigenvalue weighted by atomic mass is 9.79. The number of hydrogen-bond acceptors (Lipinski definition) is 4. The highest BCUT2D eigenvalue weighted by Crippen LogP contribution is 2.36. The summed E-state index contributed by atoms with van der Waals surface area (Å²) in [6, 6.07) is 47.8. The molecule has 0 saturated heterocycles. The van der Waals surface area contributed by atoms with Crippen molar-refractivity contribution in [2.45, 2.75) is 196 Å². The molecule has 0 spiro atoms. The number of fused-ring (bicyclic) bond motifs is 3. The summed E-state index contributed by atoms with van der Waals surface area (Å²) < 4.78 is 7.42. The summed E-state index contributed by atoms with van der Waals surface area (Å²) in [5.74, 6) is 3.06. The molecule has 0 atom stereocenters. The van der Waals surface area contributed by atoms with Crippen LogP contribution in [0.1, 0.15) is 192 Å². The molecule has 0 aliphatic rings. The van der Waals surface area contributed by atoms with Crippen LogP contribution < -0.4 is 0 Å². The Labute approximate surface area is 455 Å². The lowest BCUT2D eigenvalue weighted by Crippen LogP contribution is -2.28. The van der Waals surface area contributed by atoms with Crippen LogP contribution in [0.25, 0.3) is 33.1 Å². The number of aromatic nitrogens is 6. The van der Waals surface area contributed by atoms with Gasteiger partial charge in [0.15, 0.2) is 0 Å². The average molecular weight is 1010 g/mol. The maximum atomic E-state index is 5.54. The van der Waals surface area contributed by atoms with E-state index in [1.165, 1.54) is 50.1 Å². The monoisotopic (exact) mass is 1010 g/mol. The molecule has 0 aliphatic carbocycles. The van der Waals surface area contributed by atoms with E-state index in [4.69, 9.17) is 15.0 Å². The topological polar surface area (TPSA) is 56.7 Å². The fourth-order valence-electron chi connectivity index (χ4n) is 10.5. The van der Waals surface area contributed by atoms with E-state index < -0.39 is 0 Å². The molecule has 0 aliphatic heterocycles. The largest absolute Gasteiger partial charge is 0.322 e. The Bertz CT molecular complexity index is 3080. The van der Waals surface area contributed by atoms with Crippen LogP contribution >= 0.6 is 0 Å². The molecule has 0 unspecified atom stereocenters. The Hall–Kier alpha value is -6.31. The second kappa shape index (κ2) is 19.9. The van der Waals surface area contributed by atoms with Crippen molar-refractivity contribution in [1.29, 1.82) is 0 Å². The van der Waals surface area contributed by atoms with Gasteiger partial charge in [-0.25, -0.2) is 15.0 Å². The van der Waals surface area contributed by atoms with Gasteiger partial charge in [0.1, 0.15) is 17.5 Å². The molecule has 76 heavy (non-hydrogen) atoms. The van der Waals surface area contributed by atoms with Gasteiger partial charge in [0.2, 0.25) is 0 Å². The van der Waals surface area contributed by atoms with E-state index in [-0.39, 0.29) is 32.5 Å². The first kappa shape index (κ1) is 54.5. The lowest BCUT2D eigenvalue weighted by molar-refractivity contribution is 0.222. The highest BCUT2D eigenvalue weighted by Gasteiger charge is 2.27. The molecule has 9 rings (SSSR count). The Morgan fingerprint density at radius 3 is 0.724 bits per heavy atom. The standard InChI is InChI=1S/C69H87N7/c1-64(2,3)49-31-46(32-50(37-49)65(4,5)6)40-74-58-28-22-19-25-55(58)70-61(74)43-73(44-62-71-56-26-20-23-29-59(56)75(62)41-47-33-51(66(7,8)9)38-52(34-47)67(10,11)12)45-63-72-57-27-21-24-30-60(57)76(63)42-48-35-53(68(13,14)15)39-54(36-48)69(16,17)18/h19-39H,40-45H2,1-18H3. The van der Waals surface area contributed by atoms with Gasteiger partial charge in [0.05, 0.1) is 52.7 Å². The molecule has 7 heteroatoms. The summed E-state index contributed by atoms with van der Waals surface area (Å²) in [6.45, 7) is 45.7. The van der Waals surface area contributed by atoms with Gasteiger partial charge in [-0.3, -0.25) is 4.90 Å². The fraction of sp³-hybridized carbons (Fsp3) is 0.435. The summed E-state index contributed by atoms with van der Waals surface area (Å²) in [5, 5.41) is 0. The second-order valence-electron chi connectivity index (χ2n) is 28.2. The molecule has 3 heterocycles. The molecular formula is C69H87N7. The van der Waals surface area contributed by atoms with E-state index in [1.807, 2.05) is 0 Å². The zero-order chi connectivity index (χ0) is 54.9. The molecule has 7 nitrogen and oxygen atoms in total. The fourth-order valence-corrected chi connectivity index (χ4v) is 10.5. The van der Waals surface area contributed by atoms with Crippen LogP contribution in [-0.2, 0) is 71.8 Å². The van der Waals surface area contributed by atoms with Crippen LogP contribution in [-0.4, -0.2) is 33.6 Å². The van der Waals surface area contributed by atoms with Crippen molar-refractivity contribution in [1.82, 2.24) is 33.6 Å². The maximum absolute atomic E-state index is 5.54. The predicted octanol–water partition coefficient (Wildman–Crippen LogP) is 16.9. The van der Waals surface area contributed by atoms with Crippen molar-refractivity contribution in [3.63, 3.8) is 0 Å². The Balaban J connectivity index is 1.21. The molecule has 9 aromatic rings. The van der Waals surface area contributed by atoms with Crippen molar-refractivity contribution in [2.24, 2.45) is 0 Å². The van der Waals surface area contributed by atoms with Crippen molar-refractivity contribution in [2.75, 3.05) is 0 Å². The van der Waals surface area contributed by atoms with E-state index in [0.717, 1.165) is 50.6 Å². The molecule has 398 valence electrons. The van der Waals surface area contributed by atoms with Gasteiger partial charge in [-0.1, -0.05) is 216 Å². The summed E-state index contributed by atoms with van der Waals surface area (Å²) in [5.41, 5.74) is 18.4. The number of benzene rings is 6. The Morgan fingerprint density at radius 2 is 0.513 bits per heavy atom. The first-order valence-corrected chi connectivity index (χ1v) is 27.9. The number of hydrogen-bond donors (Lipinski definition) is 0. The van der Waals surface area contributed by atoms with E-state index >= 15 is 0 Å². The lowest BCUT2D eigenvalue weighted by Gasteiger charge is -2.27. The number of imidazole rings is 3. The minimum absolute atomic E-state index is 0.00565. The van der Waals surface area contributed by atoms with Crippen molar-refractivity contribution in [3.8, 4) is 0 Å². The Morgan fingerprint density at radius 1 is 0.303 bits per heavy atom. The van der Waals surface area contributed by atoms with E-state index in [0.29, 0.717) is 39.3 Å². The van der Waals surface area contributed by atoms with Crippen molar-refractivity contribution < 1.29 is 0 Å². The van der Waals surface area contributed by atoms with Crippen molar-refractivity contribution >= 4 is 33.1 Å². The van der Waals surface area contributed by atoms with E-state index in [9.17, 15) is 0 Å². The number of para-hydroxylation sites is 6. The molecule has 0 saturated carbocycles. The van der Waals surface area contributed by atoms with Crippen LogP contribution in [0.4, 0.5) is 0 Å². The molecule has 0 radical (unpaired) electrons. The molecule has 0 amide bonds. The highest BCUT2D eigenvalue weighted by atomic mass is 15.2. The third kappa shape index (κ3) is 12.0. The van der Waals surface area contributed by atoms with Crippen LogP contribution in [0.2, 0.25) is 0 Å². The SMILES string of the molecule is CC(C)(C)c1cc(Cn2c(CN(Cc3nc4ccccc4n3Cc3cc(C(C)(C)C)cc(C(C)(C)C)c3)Cc3nc4ccccc4n3Cc3cc(C(C)(C)C)cc(C(C)(C)C)c3)nc3ccccc32)cc(C(C)(C)C)c1. The minimum atomic E-state index is -0.00565. The third-order valence-corrected chi connectivity index (χ3v) is 15.5. The zero-order valence-electron chi connectivity index (χ0n) is 49.5. The summed E-state index contributed by atoms with van der Waals surface area (Å²) in [6.07, 6.45) is 0. The highest BCUT2D eigenvalue weighted by molar-refractivity contribution is 5.78. The molecule has 6 aromatic carbocycles. The first-order valence-electron chi connectivity index (χ1n) is 27.9. The van der Waals surface area contributed by atoms with Crippen LogP contribution in [0.3, 0.4) is 0 Å². The van der Waals surface area contributed by atoms with E-state index in [2.05, 4.69) is 271 Å². The van der Waals surface area contributed by atoms with Crippen molar-refractivity contribution in [3.05, 3.63) is 195 Å². The predicted molar refractivity (Wildman–Crippen MR) is 321 cm³/mol. The quantitative estimate of drug-likeness (QED) is 0.122. The summed E-state index contributed by atoms with van der Waals surface area (Å²) in [7, 11) is 0. The van der Waals surface area contributed by atoms with Gasteiger partial charge in [0.25, 0.3) is 0 Å². The normalized spacial score (nSPS) is 13.3. The van der Waals surface area contributed by atoms with Crippen LogP contribution in [0, 0.1) is 0 Å². The number of rotatable bonds is 12. The summed E-state index contributed by atoms with van der Waals surface area (Å²) >= 11 is 0. The molecular weight excluding hydrogens is 927 g/mol. The van der Waals surface area contributed by atoms with Gasteiger partial charge in [0, 0.05) is 19.6 Å². The van der Waals surface area contributed by atoms with Gasteiger partial charge >= 0.3 is 0 Å². The number of nitrogens with zero attached hydrogens (tertiary/aromatic N) is 7. The van der Waals surface area contributed by atoms with Crippen LogP contribution in [0.15, 0.2) is 127 Å². The molecule has 3 aromatic heterocycles. The second-order valence-corrected chi connectivity index (χ2v) is 28.2. The molecule has 0 bridgehead atoms. The van der Waals surface area contributed by atoms with Gasteiger partial charge < -0.3 is 13.7 Å². The zero-order valence-corrected chi connectivity index (χ0v) is 49.5. The van der Waals surface area contributed by atoms with Gasteiger partial charge in [-0.15, -0.1) is 0 Å². The van der Waals surface area contributed by atoms with E-state index in [1.54, 1.807) is 0 Å². The summed E-state index contributed by atoms with van der Waals surface area (Å²) in [4.78, 5) is 19.2. The minimum Gasteiger partial charge on any atom is -0.322 e. The molecule has 0 fully saturated rings. The maximum Gasteiger partial charge on any atom is 0.124 e. The smallest absolute Gasteiger partial charge is 0.124 e. The molecule has 0 N–H and O–H groups in total. The first-order chi connectivity index (χ1) is 35.4.